The third-order valence-electron chi connectivity index (χ3n) is 2.26. The highest BCUT2D eigenvalue weighted by atomic mass is 32.1. The van der Waals surface area contributed by atoms with Gasteiger partial charge in [0.1, 0.15) is 0 Å². The normalized spacial score (nSPS) is 11.4. The molecule has 0 radical (unpaired) electrons. The number of hydrogen-bond acceptors (Lipinski definition) is 6. The van der Waals surface area contributed by atoms with Gasteiger partial charge >= 0.3 is 6.18 Å². The van der Waals surface area contributed by atoms with Crippen molar-refractivity contribution in [3.8, 4) is 16.7 Å². The van der Waals surface area contributed by atoms with Crippen LogP contribution in [0.1, 0.15) is 10.6 Å². The molecule has 9 heteroatoms. The summed E-state index contributed by atoms with van der Waals surface area (Å²) in [5, 5.41) is 14.0. The van der Waals surface area contributed by atoms with Crippen LogP contribution >= 0.6 is 11.3 Å². The van der Waals surface area contributed by atoms with Gasteiger partial charge in [0.05, 0.1) is 13.7 Å². The van der Waals surface area contributed by atoms with Gasteiger partial charge in [0.25, 0.3) is 5.19 Å². The quantitative estimate of drug-likeness (QED) is 0.941. The molecule has 0 bridgehead atoms. The third kappa shape index (κ3) is 3.17. The van der Waals surface area contributed by atoms with Crippen molar-refractivity contribution in [3.05, 3.63) is 28.8 Å². The minimum absolute atomic E-state index is 0.187. The van der Waals surface area contributed by atoms with Crippen LogP contribution in [-0.4, -0.2) is 22.4 Å². The largest absolute Gasteiger partial charge is 0.493 e. The summed E-state index contributed by atoms with van der Waals surface area (Å²) in [7, 11) is 1.38. The highest BCUT2D eigenvalue weighted by Gasteiger charge is 2.36. The second-order valence-corrected chi connectivity index (χ2v) is 4.56. The molecule has 1 aromatic heterocycles. The van der Waals surface area contributed by atoms with Gasteiger partial charge < -0.3 is 14.6 Å². The van der Waals surface area contributed by atoms with Gasteiger partial charge in [-0.15, -0.1) is 5.10 Å². The van der Waals surface area contributed by atoms with Gasteiger partial charge in [-0.3, -0.25) is 0 Å². The number of rotatable bonds is 4. The minimum atomic E-state index is -4.55. The van der Waals surface area contributed by atoms with Crippen molar-refractivity contribution in [2.45, 2.75) is 12.8 Å². The molecule has 0 aliphatic rings. The summed E-state index contributed by atoms with van der Waals surface area (Å²) in [6.07, 6.45) is -4.55. The number of methoxy groups -OCH3 is 1. The fourth-order valence-corrected chi connectivity index (χ4v) is 1.93. The van der Waals surface area contributed by atoms with Crippen molar-refractivity contribution < 1.29 is 27.8 Å². The van der Waals surface area contributed by atoms with Crippen LogP contribution in [0.2, 0.25) is 0 Å². The summed E-state index contributed by atoms with van der Waals surface area (Å²) < 4.78 is 47.4. The monoisotopic (exact) mass is 306 g/mol. The maximum Gasteiger partial charge on any atom is 0.445 e. The van der Waals surface area contributed by atoms with Crippen molar-refractivity contribution in [3.63, 3.8) is 0 Å². The summed E-state index contributed by atoms with van der Waals surface area (Å²) in [5.41, 5.74) is 0.586. The van der Waals surface area contributed by atoms with Gasteiger partial charge in [0, 0.05) is 0 Å². The molecule has 2 aromatic rings. The average Bonchev–Trinajstić information content (AvgIpc) is 2.87. The lowest BCUT2D eigenvalue weighted by Crippen LogP contribution is -2.03. The molecular formula is C11H9F3N2O3S. The van der Waals surface area contributed by atoms with Crippen molar-refractivity contribution >= 4 is 11.3 Å². The molecule has 108 valence electrons. The van der Waals surface area contributed by atoms with Gasteiger partial charge in [0.2, 0.25) is 5.01 Å². The molecule has 0 aliphatic heterocycles. The van der Waals surface area contributed by atoms with E-state index < -0.39 is 11.2 Å². The lowest BCUT2D eigenvalue weighted by molar-refractivity contribution is -0.138. The molecule has 5 nitrogen and oxygen atoms in total. The van der Waals surface area contributed by atoms with E-state index in [0.717, 1.165) is 0 Å². The Hall–Kier alpha value is -1.87. The van der Waals surface area contributed by atoms with E-state index in [1.54, 1.807) is 6.07 Å². The van der Waals surface area contributed by atoms with Gasteiger partial charge in [-0.2, -0.15) is 13.2 Å². The second-order valence-electron chi connectivity index (χ2n) is 3.62. The van der Waals surface area contributed by atoms with E-state index in [-0.39, 0.29) is 34.6 Å². The van der Waals surface area contributed by atoms with E-state index in [1.165, 1.54) is 19.2 Å². The standard InChI is InChI=1S/C11H9F3N2O3S/c1-18-8-4-6(5-17)2-3-7(8)19-10-16-15-9(20-10)11(12,13)14/h2-4,17H,5H2,1H3. The minimum Gasteiger partial charge on any atom is -0.493 e. The van der Waals surface area contributed by atoms with Gasteiger partial charge in [-0.25, -0.2) is 0 Å². The Morgan fingerprint density at radius 2 is 2.00 bits per heavy atom. The molecule has 0 saturated heterocycles. The number of alkyl halides is 3. The molecule has 0 unspecified atom stereocenters. The first-order chi connectivity index (χ1) is 9.44. The van der Waals surface area contributed by atoms with Crippen LogP contribution in [0, 0.1) is 0 Å². The van der Waals surface area contributed by atoms with Crippen molar-refractivity contribution in [2.75, 3.05) is 7.11 Å². The van der Waals surface area contributed by atoms with E-state index in [4.69, 9.17) is 14.6 Å². The summed E-state index contributed by atoms with van der Waals surface area (Å²) in [6.45, 7) is -0.187. The number of halogens is 3. The second kappa shape index (κ2) is 5.63. The van der Waals surface area contributed by atoms with E-state index in [0.29, 0.717) is 5.56 Å². The Bertz CT molecular complexity index is 601. The fraction of sp³-hybridized carbons (Fsp3) is 0.273. The van der Waals surface area contributed by atoms with Crippen LogP contribution in [0.25, 0.3) is 0 Å². The lowest BCUT2D eigenvalue weighted by Gasteiger charge is -2.08. The molecule has 20 heavy (non-hydrogen) atoms. The first kappa shape index (κ1) is 14.5. The zero-order valence-electron chi connectivity index (χ0n) is 10.1. The molecule has 1 heterocycles. The van der Waals surface area contributed by atoms with Crippen LogP contribution < -0.4 is 9.47 Å². The van der Waals surface area contributed by atoms with E-state index >= 15 is 0 Å². The van der Waals surface area contributed by atoms with E-state index in [2.05, 4.69) is 10.2 Å². The van der Waals surface area contributed by atoms with Gasteiger partial charge in [-0.1, -0.05) is 22.5 Å². The highest BCUT2D eigenvalue weighted by molar-refractivity contribution is 7.13. The maximum absolute atomic E-state index is 12.4. The number of benzene rings is 1. The Morgan fingerprint density at radius 3 is 2.55 bits per heavy atom. The Morgan fingerprint density at radius 1 is 1.25 bits per heavy atom. The van der Waals surface area contributed by atoms with Crippen molar-refractivity contribution in [1.29, 1.82) is 0 Å². The number of aliphatic hydroxyl groups excluding tert-OH is 1. The number of nitrogens with zero attached hydrogens (tertiary/aromatic N) is 2. The fourth-order valence-electron chi connectivity index (χ4n) is 1.35. The predicted molar refractivity (Wildman–Crippen MR) is 63.9 cm³/mol. The average molecular weight is 306 g/mol. The molecule has 0 spiro atoms. The summed E-state index contributed by atoms with van der Waals surface area (Å²) in [4.78, 5) is 0. The Kier molecular flexibility index (Phi) is 4.09. The summed E-state index contributed by atoms with van der Waals surface area (Å²) in [5.74, 6) is 0.467. The molecule has 1 N–H and O–H groups in total. The van der Waals surface area contributed by atoms with Crippen LogP contribution in [-0.2, 0) is 12.8 Å². The predicted octanol–water partition coefficient (Wildman–Crippen LogP) is 2.85. The van der Waals surface area contributed by atoms with Crippen LogP contribution in [0.3, 0.4) is 0 Å². The maximum atomic E-state index is 12.4. The highest BCUT2D eigenvalue weighted by Crippen LogP contribution is 2.37. The van der Waals surface area contributed by atoms with Gasteiger partial charge in [0.15, 0.2) is 11.5 Å². The van der Waals surface area contributed by atoms with E-state index in [1.807, 2.05) is 0 Å². The zero-order valence-corrected chi connectivity index (χ0v) is 11.0. The SMILES string of the molecule is COc1cc(CO)ccc1Oc1nnc(C(F)(F)F)s1. The molecule has 0 saturated carbocycles. The molecule has 1 aromatic carbocycles. The molecule has 0 aliphatic carbocycles. The van der Waals surface area contributed by atoms with Crippen molar-refractivity contribution in [2.24, 2.45) is 0 Å². The molecule has 2 rings (SSSR count). The summed E-state index contributed by atoms with van der Waals surface area (Å²) in [6, 6.07) is 4.55. The lowest BCUT2D eigenvalue weighted by atomic mass is 10.2. The molecule has 0 amide bonds. The smallest absolute Gasteiger partial charge is 0.445 e. The topological polar surface area (TPSA) is 64.5 Å². The van der Waals surface area contributed by atoms with Crippen molar-refractivity contribution in [1.82, 2.24) is 10.2 Å². The first-order valence-electron chi connectivity index (χ1n) is 5.30. The van der Waals surface area contributed by atoms with Crippen LogP contribution in [0.4, 0.5) is 13.2 Å². The number of aromatic nitrogens is 2. The third-order valence-corrected chi connectivity index (χ3v) is 3.10. The summed E-state index contributed by atoms with van der Waals surface area (Å²) >= 11 is 0.289. The number of hydrogen-bond donors (Lipinski definition) is 1. The molecular weight excluding hydrogens is 297 g/mol. The van der Waals surface area contributed by atoms with E-state index in [9.17, 15) is 13.2 Å². The molecule has 0 fully saturated rings. The Balaban J connectivity index is 2.23. The molecule has 0 atom stereocenters. The number of ether oxygens (including phenoxy) is 2. The Labute approximate surface area is 115 Å². The zero-order chi connectivity index (χ0) is 14.8. The number of aliphatic hydroxyl groups is 1. The first-order valence-corrected chi connectivity index (χ1v) is 6.12. The van der Waals surface area contributed by atoms with Crippen LogP contribution in [0.15, 0.2) is 18.2 Å². The van der Waals surface area contributed by atoms with Gasteiger partial charge in [-0.05, 0) is 17.7 Å². The van der Waals surface area contributed by atoms with Crippen LogP contribution in [0.5, 0.6) is 16.7 Å².